The SMILES string of the molecule is NC(=S)c1ccc(N=Cc2ccccn2)cc1. The van der Waals surface area contributed by atoms with Crippen LogP contribution in [0.4, 0.5) is 5.69 Å². The van der Waals surface area contributed by atoms with Gasteiger partial charge in [-0.2, -0.15) is 0 Å². The highest BCUT2D eigenvalue weighted by Gasteiger charge is 1.95. The Bertz CT molecular complexity index is 532. The van der Waals surface area contributed by atoms with E-state index in [9.17, 15) is 0 Å². The Kier molecular flexibility index (Phi) is 3.57. The van der Waals surface area contributed by atoms with Crippen molar-refractivity contribution in [2.75, 3.05) is 0 Å². The lowest BCUT2D eigenvalue weighted by Crippen LogP contribution is -2.08. The van der Waals surface area contributed by atoms with E-state index in [4.69, 9.17) is 18.0 Å². The van der Waals surface area contributed by atoms with E-state index in [0.717, 1.165) is 16.9 Å². The lowest BCUT2D eigenvalue weighted by molar-refractivity contribution is 1.30. The van der Waals surface area contributed by atoms with Crippen LogP contribution in [0, 0.1) is 0 Å². The molecule has 0 atom stereocenters. The average molecular weight is 241 g/mol. The minimum absolute atomic E-state index is 0.394. The number of aromatic nitrogens is 1. The summed E-state index contributed by atoms with van der Waals surface area (Å²) in [6, 6.07) is 13.1. The molecule has 2 N–H and O–H groups in total. The van der Waals surface area contributed by atoms with Crippen LogP contribution in [0.3, 0.4) is 0 Å². The number of nitrogens with zero attached hydrogens (tertiary/aromatic N) is 2. The Labute approximate surface area is 105 Å². The second-order valence-corrected chi connectivity index (χ2v) is 3.86. The summed E-state index contributed by atoms with van der Waals surface area (Å²) in [5.74, 6) is 0. The molecule has 1 aromatic heterocycles. The van der Waals surface area contributed by atoms with Gasteiger partial charge in [0.05, 0.1) is 17.6 Å². The fraction of sp³-hybridized carbons (Fsp3) is 0. The molecule has 0 saturated carbocycles. The van der Waals surface area contributed by atoms with E-state index in [1.54, 1.807) is 12.4 Å². The molecular formula is C13H11N3S. The number of pyridine rings is 1. The third-order valence-corrected chi connectivity index (χ3v) is 2.42. The maximum atomic E-state index is 5.51. The number of hydrogen-bond acceptors (Lipinski definition) is 3. The summed E-state index contributed by atoms with van der Waals surface area (Å²) in [4.78, 5) is 8.85. The Hall–Kier alpha value is -2.07. The molecule has 0 amide bonds. The van der Waals surface area contributed by atoms with Gasteiger partial charge in [-0.25, -0.2) is 0 Å². The third kappa shape index (κ3) is 3.19. The predicted molar refractivity (Wildman–Crippen MR) is 73.8 cm³/mol. The van der Waals surface area contributed by atoms with Crippen molar-refractivity contribution in [1.82, 2.24) is 4.98 Å². The van der Waals surface area contributed by atoms with Gasteiger partial charge in [-0.3, -0.25) is 9.98 Å². The molecule has 1 aromatic carbocycles. The molecule has 0 aliphatic carbocycles. The Morgan fingerprint density at radius 3 is 2.53 bits per heavy atom. The van der Waals surface area contributed by atoms with Crippen molar-refractivity contribution in [2.45, 2.75) is 0 Å². The molecule has 0 radical (unpaired) electrons. The molecule has 84 valence electrons. The molecule has 4 heteroatoms. The average Bonchev–Trinajstić information content (AvgIpc) is 2.38. The summed E-state index contributed by atoms with van der Waals surface area (Å²) in [7, 11) is 0. The summed E-state index contributed by atoms with van der Waals surface area (Å²) in [5, 5.41) is 0. The van der Waals surface area contributed by atoms with E-state index < -0.39 is 0 Å². The number of hydrogen-bond donors (Lipinski definition) is 1. The molecule has 3 nitrogen and oxygen atoms in total. The Morgan fingerprint density at radius 1 is 1.18 bits per heavy atom. The fourth-order valence-electron chi connectivity index (χ4n) is 1.30. The molecule has 0 fully saturated rings. The highest BCUT2D eigenvalue weighted by molar-refractivity contribution is 7.80. The number of benzene rings is 1. The Balaban J connectivity index is 2.14. The molecule has 2 aromatic rings. The van der Waals surface area contributed by atoms with Crippen molar-refractivity contribution < 1.29 is 0 Å². The maximum absolute atomic E-state index is 5.51. The van der Waals surface area contributed by atoms with Gasteiger partial charge in [0, 0.05) is 11.8 Å². The van der Waals surface area contributed by atoms with E-state index in [0.29, 0.717) is 4.99 Å². The summed E-state index contributed by atoms with van der Waals surface area (Å²) >= 11 is 4.88. The number of aliphatic imine (C=N–C) groups is 1. The van der Waals surface area contributed by atoms with Gasteiger partial charge in [-0.05, 0) is 36.4 Å². The van der Waals surface area contributed by atoms with Crippen molar-refractivity contribution in [2.24, 2.45) is 10.7 Å². The van der Waals surface area contributed by atoms with Crippen LogP contribution in [0.1, 0.15) is 11.3 Å². The monoisotopic (exact) mass is 241 g/mol. The highest BCUT2D eigenvalue weighted by Crippen LogP contribution is 2.12. The zero-order valence-electron chi connectivity index (χ0n) is 9.08. The second kappa shape index (κ2) is 5.32. The fourth-order valence-corrected chi connectivity index (χ4v) is 1.44. The van der Waals surface area contributed by atoms with Crippen LogP contribution in [0.5, 0.6) is 0 Å². The molecule has 0 bridgehead atoms. The van der Waals surface area contributed by atoms with Crippen LogP contribution in [0.2, 0.25) is 0 Å². The molecule has 0 unspecified atom stereocenters. The van der Waals surface area contributed by atoms with E-state index in [1.807, 2.05) is 42.5 Å². The maximum Gasteiger partial charge on any atom is 0.103 e. The van der Waals surface area contributed by atoms with Crippen LogP contribution in [0.15, 0.2) is 53.7 Å². The van der Waals surface area contributed by atoms with E-state index in [1.165, 1.54) is 0 Å². The molecular weight excluding hydrogens is 230 g/mol. The van der Waals surface area contributed by atoms with Crippen LogP contribution in [-0.4, -0.2) is 16.2 Å². The molecule has 2 rings (SSSR count). The number of rotatable bonds is 3. The lowest BCUT2D eigenvalue weighted by Gasteiger charge is -1.98. The van der Waals surface area contributed by atoms with Crippen LogP contribution < -0.4 is 5.73 Å². The van der Waals surface area contributed by atoms with Gasteiger partial charge in [0.1, 0.15) is 4.99 Å². The minimum atomic E-state index is 0.394. The predicted octanol–water partition coefficient (Wildman–Crippen LogP) is 2.47. The molecule has 0 spiro atoms. The van der Waals surface area contributed by atoms with Gasteiger partial charge < -0.3 is 5.73 Å². The largest absolute Gasteiger partial charge is 0.389 e. The van der Waals surface area contributed by atoms with Gasteiger partial charge in [-0.1, -0.05) is 18.3 Å². The van der Waals surface area contributed by atoms with Crippen LogP contribution in [-0.2, 0) is 0 Å². The van der Waals surface area contributed by atoms with Crippen molar-refractivity contribution in [3.8, 4) is 0 Å². The van der Waals surface area contributed by atoms with Crippen molar-refractivity contribution >= 4 is 29.1 Å². The van der Waals surface area contributed by atoms with Crippen molar-refractivity contribution in [3.05, 3.63) is 59.9 Å². The van der Waals surface area contributed by atoms with Crippen LogP contribution >= 0.6 is 12.2 Å². The first-order valence-corrected chi connectivity index (χ1v) is 5.51. The van der Waals surface area contributed by atoms with E-state index in [2.05, 4.69) is 9.98 Å². The van der Waals surface area contributed by atoms with Crippen LogP contribution in [0.25, 0.3) is 0 Å². The van der Waals surface area contributed by atoms with Crippen molar-refractivity contribution in [1.29, 1.82) is 0 Å². The summed E-state index contributed by atoms with van der Waals surface area (Å²) in [6.45, 7) is 0. The quantitative estimate of drug-likeness (QED) is 0.663. The molecule has 1 heterocycles. The lowest BCUT2D eigenvalue weighted by atomic mass is 10.2. The Morgan fingerprint density at radius 2 is 1.94 bits per heavy atom. The minimum Gasteiger partial charge on any atom is -0.389 e. The topological polar surface area (TPSA) is 51.3 Å². The van der Waals surface area contributed by atoms with Gasteiger partial charge in [0.15, 0.2) is 0 Å². The first kappa shape index (κ1) is 11.4. The van der Waals surface area contributed by atoms with Gasteiger partial charge in [0.2, 0.25) is 0 Å². The van der Waals surface area contributed by atoms with E-state index >= 15 is 0 Å². The molecule has 17 heavy (non-hydrogen) atoms. The summed E-state index contributed by atoms with van der Waals surface area (Å²) < 4.78 is 0. The summed E-state index contributed by atoms with van der Waals surface area (Å²) in [5.41, 5.74) is 8.02. The molecule has 0 saturated heterocycles. The van der Waals surface area contributed by atoms with Gasteiger partial charge >= 0.3 is 0 Å². The van der Waals surface area contributed by atoms with Gasteiger partial charge in [0.25, 0.3) is 0 Å². The highest BCUT2D eigenvalue weighted by atomic mass is 32.1. The normalized spacial score (nSPS) is 10.6. The third-order valence-electron chi connectivity index (χ3n) is 2.19. The molecule has 0 aliphatic rings. The first-order valence-electron chi connectivity index (χ1n) is 5.11. The van der Waals surface area contributed by atoms with E-state index in [-0.39, 0.29) is 0 Å². The van der Waals surface area contributed by atoms with Gasteiger partial charge in [-0.15, -0.1) is 0 Å². The zero-order chi connectivity index (χ0) is 12.1. The molecule has 0 aliphatic heterocycles. The second-order valence-electron chi connectivity index (χ2n) is 3.42. The van der Waals surface area contributed by atoms with Crippen molar-refractivity contribution in [3.63, 3.8) is 0 Å². The smallest absolute Gasteiger partial charge is 0.103 e. The number of thiocarbonyl (C=S) groups is 1. The summed E-state index contributed by atoms with van der Waals surface area (Å²) in [6.07, 6.45) is 3.45. The zero-order valence-corrected chi connectivity index (χ0v) is 9.89. The standard InChI is InChI=1S/C13H11N3S/c14-13(17)10-4-6-11(7-5-10)16-9-12-3-1-2-8-15-12/h1-9H,(H2,14,17). The first-order chi connectivity index (χ1) is 8.25. The number of nitrogens with two attached hydrogens (primary N) is 1.